The summed E-state index contributed by atoms with van der Waals surface area (Å²) in [7, 11) is 0. The summed E-state index contributed by atoms with van der Waals surface area (Å²) < 4.78 is 13.1. The molecule has 0 aliphatic carbocycles. The molecule has 0 bridgehead atoms. The van der Waals surface area contributed by atoms with Crippen LogP contribution in [0.2, 0.25) is 0 Å². The molecule has 90 valence electrons. The Morgan fingerprint density at radius 3 is 2.65 bits per heavy atom. The van der Waals surface area contributed by atoms with E-state index in [4.69, 9.17) is 0 Å². The topological polar surface area (TPSA) is 25.8 Å². The van der Waals surface area contributed by atoms with Crippen LogP contribution in [0, 0.1) is 5.82 Å². The van der Waals surface area contributed by atoms with E-state index in [-0.39, 0.29) is 5.82 Å². The fourth-order valence-corrected chi connectivity index (χ4v) is 2.86. The summed E-state index contributed by atoms with van der Waals surface area (Å²) in [5.74, 6) is 0.138. The highest BCUT2D eigenvalue weighted by atomic mass is 32.1. The van der Waals surface area contributed by atoms with E-state index in [1.807, 2.05) is 0 Å². The molecule has 4 heteroatoms. The van der Waals surface area contributed by atoms with Crippen molar-refractivity contribution >= 4 is 11.3 Å². The molecule has 0 saturated heterocycles. The second kappa shape index (κ2) is 4.92. The molecule has 0 aliphatic heterocycles. The van der Waals surface area contributed by atoms with Crippen molar-refractivity contribution in [2.24, 2.45) is 0 Å². The Kier molecular flexibility index (Phi) is 3.52. The third-order valence-electron chi connectivity index (χ3n) is 2.54. The number of hydrogen-bond acceptors (Lipinski definition) is 3. The van der Waals surface area contributed by atoms with Gasteiger partial charge in [-0.15, -0.1) is 11.3 Å². The van der Waals surface area contributed by atoms with Gasteiger partial charge in [0, 0.05) is 16.6 Å². The Morgan fingerprint density at radius 1 is 1.35 bits per heavy atom. The first-order valence-electron chi connectivity index (χ1n) is 5.72. The minimum atomic E-state index is -0.318. The van der Waals surface area contributed by atoms with Gasteiger partial charge in [0.2, 0.25) is 0 Å². The molecule has 0 unspecified atom stereocenters. The first-order chi connectivity index (χ1) is 8.11. The molecule has 2 aromatic rings. The van der Waals surface area contributed by atoms with Crippen molar-refractivity contribution in [3.05, 3.63) is 34.8 Å². The lowest BCUT2D eigenvalue weighted by molar-refractivity contribution is 0.622. The molecule has 17 heavy (non-hydrogen) atoms. The van der Waals surface area contributed by atoms with Crippen LogP contribution in [0.4, 0.5) is 4.39 Å². The van der Waals surface area contributed by atoms with Crippen molar-refractivity contribution in [1.82, 2.24) is 9.97 Å². The predicted octanol–water partition coefficient (Wildman–Crippen LogP) is 4.03. The van der Waals surface area contributed by atoms with Crippen LogP contribution in [-0.4, -0.2) is 9.97 Å². The molecule has 0 aliphatic rings. The summed E-state index contributed by atoms with van der Waals surface area (Å²) >= 11 is 1.64. The zero-order chi connectivity index (χ0) is 12.4. The summed E-state index contributed by atoms with van der Waals surface area (Å²) in [5, 5.41) is 0.859. The Morgan fingerprint density at radius 2 is 2.12 bits per heavy atom. The Hall–Kier alpha value is -1.29. The van der Waals surface area contributed by atoms with E-state index in [0.29, 0.717) is 5.92 Å². The highest BCUT2D eigenvalue weighted by Crippen LogP contribution is 2.32. The Labute approximate surface area is 105 Å². The van der Waals surface area contributed by atoms with Crippen LogP contribution in [-0.2, 0) is 6.42 Å². The van der Waals surface area contributed by atoms with Gasteiger partial charge in [0.15, 0.2) is 0 Å². The molecule has 0 saturated carbocycles. The van der Waals surface area contributed by atoms with Gasteiger partial charge >= 0.3 is 0 Å². The van der Waals surface area contributed by atoms with E-state index in [9.17, 15) is 4.39 Å². The average Bonchev–Trinajstić information content (AvgIpc) is 2.73. The highest BCUT2D eigenvalue weighted by molar-refractivity contribution is 7.15. The molecule has 2 rings (SSSR count). The van der Waals surface area contributed by atoms with Gasteiger partial charge in [-0.1, -0.05) is 20.8 Å². The third kappa shape index (κ3) is 2.52. The average molecular weight is 250 g/mol. The van der Waals surface area contributed by atoms with Crippen LogP contribution < -0.4 is 0 Å². The molecular formula is C13H15FN2S. The van der Waals surface area contributed by atoms with Crippen LogP contribution in [0.3, 0.4) is 0 Å². The van der Waals surface area contributed by atoms with Crippen molar-refractivity contribution in [3.63, 3.8) is 0 Å². The van der Waals surface area contributed by atoms with Gasteiger partial charge in [-0.2, -0.15) is 0 Å². The van der Waals surface area contributed by atoms with Gasteiger partial charge in [0.25, 0.3) is 0 Å². The van der Waals surface area contributed by atoms with Crippen molar-refractivity contribution < 1.29 is 4.39 Å². The fraction of sp³-hybridized carbons (Fsp3) is 0.385. The monoisotopic (exact) mass is 250 g/mol. The number of halogens is 1. The van der Waals surface area contributed by atoms with Crippen LogP contribution >= 0.6 is 11.3 Å². The fourth-order valence-electron chi connectivity index (χ4n) is 1.72. The van der Waals surface area contributed by atoms with Gasteiger partial charge in [0.1, 0.15) is 10.8 Å². The van der Waals surface area contributed by atoms with E-state index in [2.05, 4.69) is 30.7 Å². The predicted molar refractivity (Wildman–Crippen MR) is 68.8 cm³/mol. The maximum Gasteiger partial charge on any atom is 0.142 e. The van der Waals surface area contributed by atoms with Crippen LogP contribution in [0.5, 0.6) is 0 Å². The van der Waals surface area contributed by atoms with Crippen molar-refractivity contribution in [1.29, 1.82) is 0 Å². The first kappa shape index (κ1) is 12.2. The number of aryl methyl sites for hydroxylation is 1. The Balaban J connectivity index is 2.46. The molecule has 0 fully saturated rings. The highest BCUT2D eigenvalue weighted by Gasteiger charge is 2.14. The number of pyridine rings is 1. The van der Waals surface area contributed by atoms with Crippen LogP contribution in [0.15, 0.2) is 18.5 Å². The molecule has 0 aromatic carbocycles. The first-order valence-corrected chi connectivity index (χ1v) is 6.54. The summed E-state index contributed by atoms with van der Waals surface area (Å²) in [6.07, 6.45) is 3.78. The van der Waals surface area contributed by atoms with E-state index >= 15 is 0 Å². The second-order valence-electron chi connectivity index (χ2n) is 4.23. The van der Waals surface area contributed by atoms with Crippen LogP contribution in [0.1, 0.15) is 37.3 Å². The van der Waals surface area contributed by atoms with E-state index in [1.165, 1.54) is 17.1 Å². The van der Waals surface area contributed by atoms with Crippen molar-refractivity contribution in [2.75, 3.05) is 0 Å². The summed E-state index contributed by atoms with van der Waals surface area (Å²) in [5.41, 5.74) is 1.88. The van der Waals surface area contributed by atoms with Gasteiger partial charge in [-0.25, -0.2) is 9.37 Å². The van der Waals surface area contributed by atoms with Gasteiger partial charge < -0.3 is 0 Å². The smallest absolute Gasteiger partial charge is 0.142 e. The molecule has 0 amide bonds. The Bertz CT molecular complexity index is 520. The maximum absolute atomic E-state index is 13.1. The van der Waals surface area contributed by atoms with Gasteiger partial charge in [0.05, 0.1) is 11.9 Å². The van der Waals surface area contributed by atoms with E-state index in [1.54, 1.807) is 17.5 Å². The molecule has 0 atom stereocenters. The summed E-state index contributed by atoms with van der Waals surface area (Å²) in [4.78, 5) is 9.72. The minimum absolute atomic E-state index is 0.318. The van der Waals surface area contributed by atoms with E-state index in [0.717, 1.165) is 22.7 Å². The van der Waals surface area contributed by atoms with E-state index < -0.39 is 0 Å². The van der Waals surface area contributed by atoms with Crippen molar-refractivity contribution in [2.45, 2.75) is 33.1 Å². The molecule has 2 aromatic heterocycles. The second-order valence-corrected chi connectivity index (χ2v) is 5.26. The molecule has 0 radical (unpaired) electrons. The quantitative estimate of drug-likeness (QED) is 0.822. The SMILES string of the molecule is CCc1nc(-c2cncc(F)c2)sc1C(C)C. The number of nitrogens with zero attached hydrogens (tertiary/aromatic N) is 2. The number of hydrogen-bond donors (Lipinski definition) is 0. The van der Waals surface area contributed by atoms with Gasteiger partial charge in [-0.05, 0) is 18.4 Å². The molecule has 0 N–H and O–H groups in total. The normalized spacial score (nSPS) is 11.1. The molecule has 2 heterocycles. The minimum Gasteiger partial charge on any atom is -0.261 e. The summed E-state index contributed by atoms with van der Waals surface area (Å²) in [6, 6.07) is 1.48. The molecular weight excluding hydrogens is 235 g/mol. The lowest BCUT2D eigenvalue weighted by Crippen LogP contribution is -1.90. The lowest BCUT2D eigenvalue weighted by atomic mass is 10.1. The lowest BCUT2D eigenvalue weighted by Gasteiger charge is -2.01. The zero-order valence-electron chi connectivity index (χ0n) is 10.2. The standard InChI is InChI=1S/C13H15FN2S/c1-4-11-12(8(2)3)17-13(16-11)9-5-10(14)7-15-6-9/h5-8H,4H2,1-3H3. The third-order valence-corrected chi connectivity index (χ3v) is 3.99. The zero-order valence-corrected chi connectivity index (χ0v) is 11.0. The van der Waals surface area contributed by atoms with Crippen molar-refractivity contribution in [3.8, 4) is 10.6 Å². The van der Waals surface area contributed by atoms with Gasteiger partial charge in [-0.3, -0.25) is 4.98 Å². The maximum atomic E-state index is 13.1. The summed E-state index contributed by atoms with van der Waals surface area (Å²) in [6.45, 7) is 6.40. The van der Waals surface area contributed by atoms with Crippen LogP contribution in [0.25, 0.3) is 10.6 Å². The number of thiazole rings is 1. The molecule has 2 nitrogen and oxygen atoms in total. The molecule has 0 spiro atoms. The number of rotatable bonds is 3. The number of aromatic nitrogens is 2. The largest absolute Gasteiger partial charge is 0.261 e.